The van der Waals surface area contributed by atoms with Crippen LogP contribution >= 0.6 is 50.7 Å². The Balaban J connectivity index is 1.51. The highest BCUT2D eigenvalue weighted by Gasteiger charge is 2.76. The van der Waals surface area contributed by atoms with Crippen LogP contribution in [0.3, 0.4) is 0 Å². The van der Waals surface area contributed by atoms with E-state index in [1.165, 1.54) is 36.4 Å². The number of hydrogen-bond acceptors (Lipinski definition) is 7. The minimum Gasteiger partial charge on any atom is -0.508 e. The van der Waals surface area contributed by atoms with Crippen LogP contribution in [0.2, 0.25) is 5.02 Å². The number of hydrogen-bond donors (Lipinski definition) is 1. The van der Waals surface area contributed by atoms with E-state index in [4.69, 9.17) is 34.8 Å². The van der Waals surface area contributed by atoms with Crippen molar-refractivity contribution >= 4 is 85.7 Å². The fraction of sp³-hybridized carbons (Fsp3) is 0.333. The maximum absolute atomic E-state index is 14.0. The van der Waals surface area contributed by atoms with E-state index in [1.54, 1.807) is 6.08 Å². The second-order valence-corrected chi connectivity index (χ2v) is 12.6. The van der Waals surface area contributed by atoms with Crippen molar-refractivity contribution in [2.45, 2.75) is 28.5 Å². The number of imide groups is 2. The summed E-state index contributed by atoms with van der Waals surface area (Å²) in [5.41, 5.74) is 0.461. The zero-order chi connectivity index (χ0) is 29.6. The first-order valence-corrected chi connectivity index (χ1v) is 14.7. The standard InChI is InChI=1S/C27H19BrCl3N3O7/c28-11-32-24(38)26(30)10-18-15(21(27(26,31)25(32)39)16-5-4-14(35)9-19(16)29)6-7-17-20(18)23(37)33(22(17)36)12-2-1-3-13(8-12)34(40)41/h1-6,8-9,17-18,20-21,35H,7,10-11H2/t17-,18+,20-,21+,26+,27-/m0/s1. The van der Waals surface area contributed by atoms with Crippen LogP contribution in [0, 0.1) is 27.9 Å². The van der Waals surface area contributed by atoms with Gasteiger partial charge in [-0.1, -0.05) is 51.3 Å². The Bertz CT molecular complexity index is 1620. The Morgan fingerprint density at radius 1 is 1.05 bits per heavy atom. The quantitative estimate of drug-likeness (QED) is 0.121. The highest BCUT2D eigenvalue weighted by atomic mass is 79.9. The van der Waals surface area contributed by atoms with E-state index in [-0.39, 0.29) is 40.4 Å². The summed E-state index contributed by atoms with van der Waals surface area (Å²) in [6, 6.07) is 9.37. The summed E-state index contributed by atoms with van der Waals surface area (Å²) in [6.45, 7) is 0. The maximum Gasteiger partial charge on any atom is 0.271 e. The lowest BCUT2D eigenvalue weighted by Gasteiger charge is -2.51. The van der Waals surface area contributed by atoms with Crippen molar-refractivity contribution in [1.82, 2.24) is 4.90 Å². The number of fused-ring (bicyclic) bond motifs is 4. The number of non-ortho nitro benzene ring substituents is 1. The Labute approximate surface area is 256 Å². The predicted molar refractivity (Wildman–Crippen MR) is 152 cm³/mol. The average molecular weight is 684 g/mol. The lowest BCUT2D eigenvalue weighted by atomic mass is 9.56. The fourth-order valence-electron chi connectivity index (χ4n) is 6.85. The van der Waals surface area contributed by atoms with Gasteiger partial charge in [-0.25, -0.2) is 4.90 Å². The lowest BCUT2D eigenvalue weighted by molar-refractivity contribution is -0.384. The summed E-state index contributed by atoms with van der Waals surface area (Å²) < 4.78 is 0. The second-order valence-electron chi connectivity index (χ2n) is 10.5. The summed E-state index contributed by atoms with van der Waals surface area (Å²) in [5, 5.41) is 21.4. The first-order valence-electron chi connectivity index (χ1n) is 12.5. The summed E-state index contributed by atoms with van der Waals surface area (Å²) in [4.78, 5) is 63.6. The molecule has 0 spiro atoms. The number of amides is 4. The molecule has 0 unspecified atom stereocenters. The Morgan fingerprint density at radius 2 is 1.78 bits per heavy atom. The van der Waals surface area contributed by atoms with Gasteiger partial charge in [-0.2, -0.15) is 0 Å². The molecule has 2 aromatic carbocycles. The molecule has 0 aromatic heterocycles. The molecule has 2 aromatic rings. The second kappa shape index (κ2) is 9.52. The third-order valence-corrected chi connectivity index (χ3v) is 10.9. The zero-order valence-electron chi connectivity index (χ0n) is 20.8. The van der Waals surface area contributed by atoms with Crippen molar-refractivity contribution in [3.63, 3.8) is 0 Å². The number of carbonyl (C=O) groups excluding carboxylic acids is 4. The molecule has 0 radical (unpaired) electrons. The molecule has 2 saturated heterocycles. The van der Waals surface area contributed by atoms with Gasteiger partial charge < -0.3 is 5.11 Å². The molecule has 3 fully saturated rings. The topological polar surface area (TPSA) is 138 Å². The average Bonchev–Trinajstić information content (AvgIpc) is 3.27. The third kappa shape index (κ3) is 3.68. The molecular weight excluding hydrogens is 665 g/mol. The van der Waals surface area contributed by atoms with Gasteiger partial charge in [-0.05, 0) is 42.5 Å². The molecule has 10 nitrogen and oxygen atoms in total. The number of nitro benzene ring substituents is 1. The number of allylic oxidation sites excluding steroid dienone is 2. The molecule has 1 N–H and O–H groups in total. The predicted octanol–water partition coefficient (Wildman–Crippen LogP) is 4.87. The number of halogens is 4. The van der Waals surface area contributed by atoms with Crippen LogP contribution in [0.25, 0.3) is 0 Å². The first kappa shape index (κ1) is 28.1. The Hall–Kier alpha value is -2.99. The molecule has 2 heterocycles. The summed E-state index contributed by atoms with van der Waals surface area (Å²) in [6.07, 6.45) is 1.65. The zero-order valence-corrected chi connectivity index (χ0v) is 24.7. The van der Waals surface area contributed by atoms with Crippen LogP contribution in [0.5, 0.6) is 5.75 Å². The number of nitrogens with zero attached hydrogens (tertiary/aromatic N) is 3. The number of nitro groups is 1. The largest absolute Gasteiger partial charge is 0.508 e. The van der Waals surface area contributed by atoms with E-state index in [0.717, 1.165) is 15.9 Å². The number of aromatic hydroxyl groups is 1. The summed E-state index contributed by atoms with van der Waals surface area (Å²) in [5.74, 6) is -6.41. The molecule has 212 valence electrons. The van der Waals surface area contributed by atoms with Gasteiger partial charge in [-0.15, -0.1) is 23.2 Å². The fourth-order valence-corrected chi connectivity index (χ4v) is 8.55. The van der Waals surface area contributed by atoms with Crippen LogP contribution < -0.4 is 4.90 Å². The van der Waals surface area contributed by atoms with Crippen molar-refractivity contribution < 1.29 is 29.2 Å². The van der Waals surface area contributed by atoms with Gasteiger partial charge in [0.15, 0.2) is 9.75 Å². The van der Waals surface area contributed by atoms with E-state index in [0.29, 0.717) is 11.1 Å². The van der Waals surface area contributed by atoms with Crippen molar-refractivity contribution in [2.75, 3.05) is 10.4 Å². The molecule has 2 aliphatic carbocycles. The number of phenols is 1. The number of rotatable bonds is 4. The van der Waals surface area contributed by atoms with Crippen molar-refractivity contribution in [1.29, 1.82) is 0 Å². The Morgan fingerprint density at radius 3 is 2.44 bits per heavy atom. The molecule has 6 rings (SSSR count). The van der Waals surface area contributed by atoms with Crippen molar-refractivity contribution in [3.8, 4) is 5.75 Å². The molecule has 2 aliphatic heterocycles. The van der Waals surface area contributed by atoms with Crippen LogP contribution in [-0.4, -0.2) is 53.8 Å². The van der Waals surface area contributed by atoms with E-state index >= 15 is 0 Å². The van der Waals surface area contributed by atoms with E-state index in [2.05, 4.69) is 15.9 Å². The van der Waals surface area contributed by atoms with Crippen molar-refractivity contribution in [2.24, 2.45) is 17.8 Å². The normalized spacial score (nSPS) is 32.5. The molecule has 1 saturated carbocycles. The molecule has 4 aliphatic rings. The van der Waals surface area contributed by atoms with Gasteiger partial charge in [0.05, 0.1) is 27.9 Å². The van der Waals surface area contributed by atoms with Crippen molar-refractivity contribution in [3.05, 3.63) is 74.8 Å². The van der Waals surface area contributed by atoms with E-state index in [9.17, 15) is 34.4 Å². The van der Waals surface area contributed by atoms with Gasteiger partial charge in [-0.3, -0.25) is 34.2 Å². The van der Waals surface area contributed by atoms with Crippen LogP contribution in [0.4, 0.5) is 11.4 Å². The van der Waals surface area contributed by atoms with Crippen LogP contribution in [0.15, 0.2) is 54.1 Å². The maximum atomic E-state index is 14.0. The number of anilines is 1. The van der Waals surface area contributed by atoms with E-state index in [1.807, 2.05) is 0 Å². The monoisotopic (exact) mass is 681 g/mol. The minimum absolute atomic E-state index is 0.0592. The molecule has 41 heavy (non-hydrogen) atoms. The van der Waals surface area contributed by atoms with Gasteiger partial charge >= 0.3 is 0 Å². The summed E-state index contributed by atoms with van der Waals surface area (Å²) in [7, 11) is 0. The third-order valence-electron chi connectivity index (χ3n) is 8.61. The number of alkyl halides is 3. The highest BCUT2D eigenvalue weighted by molar-refractivity contribution is 9.09. The molecule has 14 heteroatoms. The molecule has 0 bridgehead atoms. The molecular formula is C27H19BrCl3N3O7. The van der Waals surface area contributed by atoms with Crippen LogP contribution in [0.1, 0.15) is 24.3 Å². The minimum atomic E-state index is -2.03. The van der Waals surface area contributed by atoms with Gasteiger partial charge in [0.25, 0.3) is 17.5 Å². The Kier molecular flexibility index (Phi) is 6.53. The number of carbonyl (C=O) groups is 4. The van der Waals surface area contributed by atoms with Gasteiger partial charge in [0, 0.05) is 23.1 Å². The van der Waals surface area contributed by atoms with Gasteiger partial charge in [0.1, 0.15) is 5.75 Å². The molecule has 4 amide bonds. The van der Waals surface area contributed by atoms with Gasteiger partial charge in [0.2, 0.25) is 11.8 Å². The number of phenolic OH excluding ortho intramolecular Hbond substituents is 1. The summed E-state index contributed by atoms with van der Waals surface area (Å²) >= 11 is 24.0. The number of benzene rings is 2. The molecule has 6 atom stereocenters. The van der Waals surface area contributed by atoms with Crippen LogP contribution in [-0.2, 0) is 19.2 Å². The highest BCUT2D eigenvalue weighted by Crippen LogP contribution is 2.66. The van der Waals surface area contributed by atoms with E-state index < -0.39 is 62.0 Å². The lowest BCUT2D eigenvalue weighted by Crippen LogP contribution is -2.60. The number of likely N-dealkylation sites (tertiary alicyclic amines) is 1. The smallest absolute Gasteiger partial charge is 0.271 e. The SMILES string of the molecule is O=C1[C@H]2[C@H](CC=C3[C@H]2C[C@@]2(Cl)C(=O)N(CBr)C(=O)[C@@]2(Cl)[C@H]3c2ccc(O)cc2Cl)C(=O)N1c1cccc([N+](=O)[O-])c1. The first-order chi connectivity index (χ1) is 19.4.